The van der Waals surface area contributed by atoms with Crippen LogP contribution in [-0.4, -0.2) is 51.5 Å². The molecule has 1 aromatic heterocycles. The third kappa shape index (κ3) is 4.62. The van der Waals surface area contributed by atoms with Crippen LogP contribution in [0.1, 0.15) is 29.6 Å². The van der Waals surface area contributed by atoms with E-state index >= 15 is 0 Å². The summed E-state index contributed by atoms with van der Waals surface area (Å²) < 4.78 is 2.54. The van der Waals surface area contributed by atoms with E-state index in [1.807, 2.05) is 41.3 Å². The van der Waals surface area contributed by atoms with Gasteiger partial charge in [0.25, 0.3) is 5.91 Å². The maximum absolute atomic E-state index is 12.7. The average Bonchev–Trinajstić information content (AvgIpc) is 3.18. The summed E-state index contributed by atoms with van der Waals surface area (Å²) in [7, 11) is 0. The molecule has 0 saturated carbocycles. The highest BCUT2D eigenvalue weighted by molar-refractivity contribution is 9.10. The highest BCUT2D eigenvalue weighted by Crippen LogP contribution is 2.21. The summed E-state index contributed by atoms with van der Waals surface area (Å²) in [5.41, 5.74) is 2.85. The van der Waals surface area contributed by atoms with E-state index in [1.54, 1.807) is 10.7 Å². The lowest BCUT2D eigenvalue weighted by atomic mass is 10.1. The molecular weight excluding hydrogens is 448 g/mol. The fourth-order valence-corrected chi connectivity index (χ4v) is 3.94. The van der Waals surface area contributed by atoms with Crippen molar-refractivity contribution in [3.63, 3.8) is 0 Å². The average molecular weight is 471 g/mol. The van der Waals surface area contributed by atoms with Crippen molar-refractivity contribution in [3.8, 4) is 0 Å². The zero-order valence-electron chi connectivity index (χ0n) is 16.5. The Bertz CT molecular complexity index is 1060. The molecule has 1 saturated heterocycles. The Morgan fingerprint density at radius 1 is 1.07 bits per heavy atom. The van der Waals surface area contributed by atoms with E-state index in [1.165, 1.54) is 6.42 Å². The number of carbonyl (C=O) groups excluding carboxylic acids is 2. The normalized spacial score (nSPS) is 14.0. The van der Waals surface area contributed by atoms with Gasteiger partial charge in [0.1, 0.15) is 5.52 Å². The molecule has 0 bridgehead atoms. The first-order chi connectivity index (χ1) is 14.6. The van der Waals surface area contributed by atoms with Crippen molar-refractivity contribution in [2.24, 2.45) is 0 Å². The predicted molar refractivity (Wildman–Crippen MR) is 118 cm³/mol. The first-order valence-corrected chi connectivity index (χ1v) is 10.8. The van der Waals surface area contributed by atoms with E-state index in [2.05, 4.69) is 36.9 Å². The second-order valence-corrected chi connectivity index (χ2v) is 8.08. The largest absolute Gasteiger partial charge is 0.339 e. The van der Waals surface area contributed by atoms with Crippen LogP contribution in [0.4, 0.5) is 10.5 Å². The number of aromatic nitrogens is 3. The van der Waals surface area contributed by atoms with Crippen molar-refractivity contribution in [1.82, 2.24) is 25.2 Å². The number of halogens is 1. The lowest BCUT2D eigenvalue weighted by Gasteiger charge is -2.26. The van der Waals surface area contributed by atoms with Gasteiger partial charge >= 0.3 is 6.03 Å². The van der Waals surface area contributed by atoms with Gasteiger partial charge in [-0.05, 0) is 65.5 Å². The van der Waals surface area contributed by atoms with E-state index in [9.17, 15) is 9.59 Å². The van der Waals surface area contributed by atoms with Crippen LogP contribution < -0.4 is 10.6 Å². The van der Waals surface area contributed by atoms with Gasteiger partial charge in [0.05, 0.1) is 17.7 Å². The van der Waals surface area contributed by atoms with E-state index in [0.717, 1.165) is 35.9 Å². The van der Waals surface area contributed by atoms with Crippen molar-refractivity contribution >= 4 is 44.6 Å². The van der Waals surface area contributed by atoms with Crippen molar-refractivity contribution in [1.29, 1.82) is 0 Å². The number of rotatable bonds is 5. The second kappa shape index (κ2) is 9.25. The molecule has 1 aliphatic heterocycles. The molecule has 0 atom stereocenters. The molecule has 4 rings (SSSR count). The van der Waals surface area contributed by atoms with Gasteiger partial charge in [-0.15, -0.1) is 5.10 Å². The number of piperidine rings is 1. The van der Waals surface area contributed by atoms with E-state index in [0.29, 0.717) is 29.9 Å². The Kier molecular flexibility index (Phi) is 6.27. The molecule has 3 amide bonds. The first-order valence-electron chi connectivity index (χ1n) is 10.0. The van der Waals surface area contributed by atoms with Crippen LogP contribution in [0.15, 0.2) is 46.9 Å². The minimum atomic E-state index is -0.291. The zero-order valence-corrected chi connectivity index (χ0v) is 18.1. The van der Waals surface area contributed by atoms with Gasteiger partial charge in [-0.3, -0.25) is 4.79 Å². The van der Waals surface area contributed by atoms with Crippen LogP contribution in [0.5, 0.6) is 0 Å². The number of nitrogens with one attached hydrogen (secondary N) is 2. The lowest BCUT2D eigenvalue weighted by Crippen LogP contribution is -2.35. The first kappa shape index (κ1) is 20.3. The second-order valence-electron chi connectivity index (χ2n) is 7.23. The number of benzene rings is 2. The fraction of sp³-hybridized carbons (Fsp3) is 0.333. The predicted octanol–water partition coefficient (Wildman–Crippen LogP) is 3.64. The molecule has 1 fully saturated rings. The Balaban J connectivity index is 1.35. The number of para-hydroxylation sites is 1. The van der Waals surface area contributed by atoms with Crippen molar-refractivity contribution in [2.45, 2.75) is 25.8 Å². The van der Waals surface area contributed by atoms with Crippen molar-refractivity contribution in [3.05, 3.63) is 52.5 Å². The standard InChI is InChI=1S/C21H23BrN6O2/c22-16-6-2-3-7-17(16)24-21(30)23-10-13-28-19-9-8-15(14-18(19)25-26-28)20(29)27-11-4-1-5-12-27/h2-3,6-9,14H,1,4-5,10-13H2,(H2,23,24,30). The molecule has 2 aromatic carbocycles. The summed E-state index contributed by atoms with van der Waals surface area (Å²) in [6.07, 6.45) is 3.31. The molecule has 3 aromatic rings. The van der Waals surface area contributed by atoms with Crippen LogP contribution in [-0.2, 0) is 6.54 Å². The van der Waals surface area contributed by atoms with Gasteiger partial charge in [0.2, 0.25) is 0 Å². The number of hydrogen-bond acceptors (Lipinski definition) is 4. The Morgan fingerprint density at radius 2 is 1.87 bits per heavy atom. The van der Waals surface area contributed by atoms with Gasteiger partial charge in [-0.1, -0.05) is 17.3 Å². The van der Waals surface area contributed by atoms with Gasteiger partial charge in [-0.25, -0.2) is 9.48 Å². The number of nitrogens with zero attached hydrogens (tertiary/aromatic N) is 4. The monoisotopic (exact) mass is 470 g/mol. The molecule has 30 heavy (non-hydrogen) atoms. The molecule has 2 N–H and O–H groups in total. The van der Waals surface area contributed by atoms with Gasteiger partial charge in [-0.2, -0.15) is 0 Å². The number of carbonyl (C=O) groups is 2. The number of fused-ring (bicyclic) bond motifs is 1. The van der Waals surface area contributed by atoms with Crippen LogP contribution in [0.25, 0.3) is 11.0 Å². The molecule has 1 aliphatic rings. The molecule has 8 nitrogen and oxygen atoms in total. The summed E-state index contributed by atoms with van der Waals surface area (Å²) in [4.78, 5) is 26.7. The Labute approximate surface area is 182 Å². The van der Waals surface area contributed by atoms with Crippen molar-refractivity contribution in [2.75, 3.05) is 25.0 Å². The third-order valence-corrected chi connectivity index (χ3v) is 5.83. The number of likely N-dealkylation sites (tertiary alicyclic amines) is 1. The molecule has 0 spiro atoms. The fourth-order valence-electron chi connectivity index (χ4n) is 3.55. The Hall–Kier alpha value is -2.94. The SMILES string of the molecule is O=C(NCCn1nnc2cc(C(=O)N3CCCCC3)ccc21)Nc1ccccc1Br. The lowest BCUT2D eigenvalue weighted by molar-refractivity contribution is 0.0724. The van der Waals surface area contributed by atoms with E-state index in [-0.39, 0.29) is 11.9 Å². The highest BCUT2D eigenvalue weighted by atomic mass is 79.9. The minimum absolute atomic E-state index is 0.0524. The summed E-state index contributed by atoms with van der Waals surface area (Å²) in [6, 6.07) is 12.6. The molecule has 0 radical (unpaired) electrons. The van der Waals surface area contributed by atoms with Crippen LogP contribution >= 0.6 is 15.9 Å². The van der Waals surface area contributed by atoms with Gasteiger partial charge < -0.3 is 15.5 Å². The summed E-state index contributed by atoms with van der Waals surface area (Å²) in [6.45, 7) is 2.50. The van der Waals surface area contributed by atoms with E-state index in [4.69, 9.17) is 0 Å². The van der Waals surface area contributed by atoms with E-state index < -0.39 is 0 Å². The quantitative estimate of drug-likeness (QED) is 0.595. The molecule has 0 aliphatic carbocycles. The number of amides is 3. The van der Waals surface area contributed by atoms with Crippen molar-refractivity contribution < 1.29 is 9.59 Å². The number of urea groups is 1. The maximum atomic E-state index is 12.7. The minimum Gasteiger partial charge on any atom is -0.339 e. The molecule has 2 heterocycles. The molecule has 0 unspecified atom stereocenters. The summed E-state index contributed by atoms with van der Waals surface area (Å²) in [5, 5.41) is 14.0. The molecular formula is C21H23BrN6O2. The Morgan fingerprint density at radius 3 is 2.67 bits per heavy atom. The third-order valence-electron chi connectivity index (χ3n) is 5.14. The topological polar surface area (TPSA) is 92.1 Å². The van der Waals surface area contributed by atoms with Crippen LogP contribution in [0.2, 0.25) is 0 Å². The van der Waals surface area contributed by atoms with Crippen LogP contribution in [0.3, 0.4) is 0 Å². The number of anilines is 1. The van der Waals surface area contributed by atoms with Gasteiger partial charge in [0.15, 0.2) is 0 Å². The zero-order chi connectivity index (χ0) is 20.9. The smallest absolute Gasteiger partial charge is 0.319 e. The van der Waals surface area contributed by atoms with Crippen LogP contribution in [0, 0.1) is 0 Å². The maximum Gasteiger partial charge on any atom is 0.319 e. The molecule has 9 heteroatoms. The summed E-state index contributed by atoms with van der Waals surface area (Å²) in [5.74, 6) is 0.0524. The number of hydrogen-bond donors (Lipinski definition) is 2. The molecule has 156 valence electrons. The summed E-state index contributed by atoms with van der Waals surface area (Å²) >= 11 is 3.40. The highest BCUT2D eigenvalue weighted by Gasteiger charge is 2.19. The van der Waals surface area contributed by atoms with Gasteiger partial charge in [0, 0.05) is 29.7 Å².